The molecule has 3 heteroatoms. The Hall–Kier alpha value is -0.800. The van der Waals surface area contributed by atoms with Gasteiger partial charge in [-0.1, -0.05) is 20.8 Å². The van der Waals surface area contributed by atoms with Crippen LogP contribution in [0.2, 0.25) is 0 Å². The molecular formula is C18H31NO2. The zero-order valence-electron chi connectivity index (χ0n) is 14.1. The maximum Gasteiger partial charge on any atom is 0.130 e. The first-order valence-corrected chi connectivity index (χ1v) is 8.40. The summed E-state index contributed by atoms with van der Waals surface area (Å²) in [6.07, 6.45) is 6.45. The van der Waals surface area contributed by atoms with Gasteiger partial charge in [0.25, 0.3) is 0 Å². The first-order valence-electron chi connectivity index (χ1n) is 8.40. The fourth-order valence-electron chi connectivity index (χ4n) is 2.97. The molecule has 0 radical (unpaired) electrons. The Labute approximate surface area is 129 Å². The highest BCUT2D eigenvalue weighted by Gasteiger charge is 2.27. The second-order valence-corrected chi connectivity index (χ2v) is 7.15. The summed E-state index contributed by atoms with van der Waals surface area (Å²) in [5.74, 6) is 1.98. The van der Waals surface area contributed by atoms with Crippen molar-refractivity contribution in [2.45, 2.75) is 79.1 Å². The predicted molar refractivity (Wildman–Crippen MR) is 86.3 cm³/mol. The van der Waals surface area contributed by atoms with Crippen molar-refractivity contribution in [3.05, 3.63) is 23.2 Å². The van der Waals surface area contributed by atoms with Crippen LogP contribution in [0.25, 0.3) is 0 Å². The van der Waals surface area contributed by atoms with Gasteiger partial charge in [-0.05, 0) is 57.1 Å². The van der Waals surface area contributed by atoms with E-state index in [-0.39, 0.29) is 0 Å². The van der Waals surface area contributed by atoms with Gasteiger partial charge in [0.1, 0.15) is 18.1 Å². The smallest absolute Gasteiger partial charge is 0.130 e. The van der Waals surface area contributed by atoms with Crippen LogP contribution in [-0.4, -0.2) is 12.6 Å². The van der Waals surface area contributed by atoms with Gasteiger partial charge < -0.3 is 14.5 Å². The highest BCUT2D eigenvalue weighted by molar-refractivity contribution is 5.20. The minimum absolute atomic E-state index is 0.407. The second-order valence-electron chi connectivity index (χ2n) is 7.15. The average Bonchev–Trinajstić information content (AvgIpc) is 2.79. The molecule has 1 heterocycles. The standard InChI is InChI=1S/C18H31NO2/c1-5-10-19-12-15-11-17(21-14(15)2)13-20-16-6-8-18(3,4)9-7-16/h11,16,19H,5-10,12-13H2,1-4H3. The molecule has 1 saturated carbocycles. The van der Waals surface area contributed by atoms with E-state index < -0.39 is 0 Å². The van der Waals surface area contributed by atoms with Crippen LogP contribution in [0.15, 0.2) is 10.5 Å². The molecule has 0 amide bonds. The van der Waals surface area contributed by atoms with E-state index in [1.807, 2.05) is 6.92 Å². The Balaban J connectivity index is 1.77. The second kappa shape index (κ2) is 7.46. The molecule has 1 aliphatic rings. The van der Waals surface area contributed by atoms with E-state index >= 15 is 0 Å². The monoisotopic (exact) mass is 293 g/mol. The summed E-state index contributed by atoms with van der Waals surface area (Å²) >= 11 is 0. The van der Waals surface area contributed by atoms with Gasteiger partial charge >= 0.3 is 0 Å². The van der Waals surface area contributed by atoms with E-state index in [9.17, 15) is 0 Å². The lowest BCUT2D eigenvalue weighted by Crippen LogP contribution is -2.26. The van der Waals surface area contributed by atoms with Crippen LogP contribution >= 0.6 is 0 Å². The minimum Gasteiger partial charge on any atom is -0.464 e. The summed E-state index contributed by atoms with van der Waals surface area (Å²) < 4.78 is 11.9. The van der Waals surface area contributed by atoms with Crippen LogP contribution < -0.4 is 5.32 Å². The lowest BCUT2D eigenvalue weighted by atomic mass is 9.76. The number of ether oxygens (including phenoxy) is 1. The van der Waals surface area contributed by atoms with Crippen molar-refractivity contribution in [3.8, 4) is 0 Å². The summed E-state index contributed by atoms with van der Waals surface area (Å²) in [7, 11) is 0. The maximum absolute atomic E-state index is 6.04. The van der Waals surface area contributed by atoms with Crippen molar-refractivity contribution in [1.82, 2.24) is 5.32 Å². The van der Waals surface area contributed by atoms with Crippen LogP contribution in [0, 0.1) is 12.3 Å². The van der Waals surface area contributed by atoms with E-state index in [0.29, 0.717) is 18.1 Å². The fourth-order valence-corrected chi connectivity index (χ4v) is 2.97. The molecule has 1 aromatic rings. The summed E-state index contributed by atoms with van der Waals surface area (Å²) in [6, 6.07) is 2.14. The number of nitrogens with one attached hydrogen (secondary N) is 1. The quantitative estimate of drug-likeness (QED) is 0.748. The van der Waals surface area contributed by atoms with E-state index in [0.717, 1.165) is 31.0 Å². The first kappa shape index (κ1) is 16.6. The zero-order chi connectivity index (χ0) is 15.3. The van der Waals surface area contributed by atoms with Crippen LogP contribution in [0.3, 0.4) is 0 Å². The van der Waals surface area contributed by atoms with Gasteiger partial charge in [0.05, 0.1) is 6.10 Å². The summed E-state index contributed by atoms with van der Waals surface area (Å²) in [4.78, 5) is 0. The third-order valence-corrected chi connectivity index (χ3v) is 4.56. The fraction of sp³-hybridized carbons (Fsp3) is 0.778. The molecule has 1 aliphatic carbocycles. The minimum atomic E-state index is 0.407. The van der Waals surface area contributed by atoms with Crippen molar-refractivity contribution in [2.24, 2.45) is 5.41 Å². The molecule has 3 nitrogen and oxygen atoms in total. The SMILES string of the molecule is CCCNCc1cc(COC2CCC(C)(C)CC2)oc1C. The third-order valence-electron chi connectivity index (χ3n) is 4.56. The Morgan fingerprint density at radius 3 is 2.71 bits per heavy atom. The Bertz CT molecular complexity index is 426. The van der Waals surface area contributed by atoms with Gasteiger partial charge in [-0.25, -0.2) is 0 Å². The zero-order valence-corrected chi connectivity index (χ0v) is 14.1. The summed E-state index contributed by atoms with van der Waals surface area (Å²) in [5, 5.41) is 3.42. The van der Waals surface area contributed by atoms with E-state index in [4.69, 9.17) is 9.15 Å². The normalized spacial score (nSPS) is 19.0. The topological polar surface area (TPSA) is 34.4 Å². The van der Waals surface area contributed by atoms with Crippen molar-refractivity contribution in [2.75, 3.05) is 6.54 Å². The number of furan rings is 1. The first-order chi connectivity index (χ1) is 10.00. The van der Waals surface area contributed by atoms with Gasteiger partial charge in [0, 0.05) is 12.1 Å². The molecule has 0 saturated heterocycles. The molecule has 0 aromatic carbocycles. The van der Waals surface area contributed by atoms with Crippen molar-refractivity contribution in [1.29, 1.82) is 0 Å². The van der Waals surface area contributed by atoms with Crippen molar-refractivity contribution < 1.29 is 9.15 Å². The summed E-state index contributed by atoms with van der Waals surface area (Å²) in [6.45, 7) is 11.5. The van der Waals surface area contributed by atoms with E-state index in [1.165, 1.54) is 31.2 Å². The molecule has 120 valence electrons. The molecule has 0 unspecified atom stereocenters. The highest BCUT2D eigenvalue weighted by Crippen LogP contribution is 2.36. The third kappa shape index (κ3) is 5.15. The van der Waals surface area contributed by atoms with E-state index in [1.54, 1.807) is 0 Å². The molecular weight excluding hydrogens is 262 g/mol. The molecule has 0 spiro atoms. The molecule has 0 bridgehead atoms. The number of aryl methyl sites for hydroxylation is 1. The average molecular weight is 293 g/mol. The summed E-state index contributed by atoms with van der Waals surface area (Å²) in [5.41, 5.74) is 1.76. The molecule has 1 fully saturated rings. The Kier molecular flexibility index (Phi) is 5.88. The molecule has 1 N–H and O–H groups in total. The molecule has 2 rings (SSSR count). The van der Waals surface area contributed by atoms with Crippen LogP contribution in [0.5, 0.6) is 0 Å². The molecule has 1 aromatic heterocycles. The largest absolute Gasteiger partial charge is 0.464 e. The van der Waals surface area contributed by atoms with Gasteiger partial charge in [-0.3, -0.25) is 0 Å². The van der Waals surface area contributed by atoms with Crippen molar-refractivity contribution >= 4 is 0 Å². The van der Waals surface area contributed by atoms with Crippen molar-refractivity contribution in [3.63, 3.8) is 0 Å². The van der Waals surface area contributed by atoms with Crippen LogP contribution in [-0.2, 0) is 17.9 Å². The number of hydrogen-bond acceptors (Lipinski definition) is 3. The molecule has 21 heavy (non-hydrogen) atoms. The Morgan fingerprint density at radius 2 is 2.05 bits per heavy atom. The number of rotatable bonds is 7. The molecule has 0 atom stereocenters. The van der Waals surface area contributed by atoms with Gasteiger partial charge in [0.15, 0.2) is 0 Å². The number of hydrogen-bond donors (Lipinski definition) is 1. The van der Waals surface area contributed by atoms with Gasteiger partial charge in [-0.2, -0.15) is 0 Å². The predicted octanol–water partition coefficient (Wildman–Crippen LogP) is 4.57. The highest BCUT2D eigenvalue weighted by atomic mass is 16.5. The lowest BCUT2D eigenvalue weighted by Gasteiger charge is -2.33. The van der Waals surface area contributed by atoms with E-state index in [2.05, 4.69) is 32.2 Å². The maximum atomic E-state index is 6.04. The van der Waals surface area contributed by atoms with Gasteiger partial charge in [-0.15, -0.1) is 0 Å². The van der Waals surface area contributed by atoms with Crippen LogP contribution in [0.4, 0.5) is 0 Å². The molecule has 0 aliphatic heterocycles. The van der Waals surface area contributed by atoms with Gasteiger partial charge in [0.2, 0.25) is 0 Å². The Morgan fingerprint density at radius 1 is 1.33 bits per heavy atom. The lowest BCUT2D eigenvalue weighted by molar-refractivity contribution is -0.0122. The van der Waals surface area contributed by atoms with Crippen LogP contribution in [0.1, 0.15) is 70.0 Å².